The average Bonchev–Trinajstić information content (AvgIpc) is 3.38. The van der Waals surface area contributed by atoms with Crippen molar-refractivity contribution in [3.05, 3.63) is 64.7 Å². The van der Waals surface area contributed by atoms with Crippen LogP contribution in [-0.2, 0) is 66.7 Å². The highest BCUT2D eigenvalue weighted by atomic mass is 16.7. The Hall–Kier alpha value is -5.47. The highest BCUT2D eigenvalue weighted by Gasteiger charge is 2.42. The van der Waals surface area contributed by atoms with E-state index in [2.05, 4.69) is 50.8 Å². The van der Waals surface area contributed by atoms with Crippen LogP contribution < -0.4 is 4.74 Å². The van der Waals surface area contributed by atoms with E-state index in [1.165, 1.54) is 68.1 Å². The molecule has 2 aromatic carbocycles. The van der Waals surface area contributed by atoms with Crippen LogP contribution in [0.4, 0.5) is 19.2 Å². The first-order chi connectivity index (χ1) is 34.4. The second-order valence-electron chi connectivity index (χ2n) is 20.9. The number of hydrogen-bond donors (Lipinski definition) is 0. The van der Waals surface area contributed by atoms with Crippen molar-refractivity contribution in [3.63, 3.8) is 0 Å². The summed E-state index contributed by atoms with van der Waals surface area (Å²) in [5, 5.41) is 0. The molecule has 0 radical (unpaired) electrons. The number of benzene rings is 2. The van der Waals surface area contributed by atoms with Crippen LogP contribution in [0.3, 0.4) is 0 Å². The second-order valence-corrected chi connectivity index (χ2v) is 20.9. The van der Waals surface area contributed by atoms with Crippen LogP contribution in [0.15, 0.2) is 42.5 Å². The van der Waals surface area contributed by atoms with Crippen LogP contribution >= 0.6 is 0 Å². The number of unbranched alkanes of at least 4 members (excludes halogenated alkanes) is 2. The molecule has 4 saturated heterocycles. The number of ether oxygens (including phenoxy) is 10. The van der Waals surface area contributed by atoms with Gasteiger partial charge in [0.2, 0.25) is 0 Å². The lowest BCUT2D eigenvalue weighted by Crippen LogP contribution is -2.43. The Morgan fingerprint density at radius 3 is 1.54 bits per heavy atom. The quantitative estimate of drug-likeness (QED) is 0.0397. The van der Waals surface area contributed by atoms with Gasteiger partial charge in [0.05, 0.1) is 6.61 Å². The van der Waals surface area contributed by atoms with Gasteiger partial charge in [0, 0.05) is 34.7 Å². The van der Waals surface area contributed by atoms with Crippen molar-refractivity contribution in [1.82, 2.24) is 0 Å². The summed E-state index contributed by atoms with van der Waals surface area (Å²) in [5.74, 6) is 1.13. The van der Waals surface area contributed by atoms with Gasteiger partial charge < -0.3 is 47.4 Å². The number of carbonyl (C=O) groups excluding carboxylic acids is 5. The van der Waals surface area contributed by atoms with Crippen LogP contribution in [0, 0.1) is 35.0 Å². The third-order valence-electron chi connectivity index (χ3n) is 15.0. The van der Waals surface area contributed by atoms with Crippen molar-refractivity contribution in [3.8, 4) is 16.9 Å². The predicted molar refractivity (Wildman–Crippen MR) is 262 cm³/mol. The molecule has 71 heavy (non-hydrogen) atoms. The zero-order valence-corrected chi connectivity index (χ0v) is 42.3. The predicted octanol–water partition coefficient (Wildman–Crippen LogP) is 11.8. The monoisotopic (exact) mass is 989 g/mol. The van der Waals surface area contributed by atoms with Crippen molar-refractivity contribution >= 4 is 30.6 Å². The molecule has 4 heterocycles. The molecule has 0 spiro atoms. The molecule has 0 amide bonds. The van der Waals surface area contributed by atoms with Crippen molar-refractivity contribution in [2.75, 3.05) is 66.1 Å². The first kappa shape index (κ1) is 53.3. The van der Waals surface area contributed by atoms with Crippen LogP contribution in [-0.4, -0.2) is 96.7 Å². The summed E-state index contributed by atoms with van der Waals surface area (Å²) >= 11 is 0. The van der Waals surface area contributed by atoms with Crippen molar-refractivity contribution in [2.24, 2.45) is 35.0 Å². The molecule has 0 N–H and O–H groups in total. The maximum atomic E-state index is 13.1. The Morgan fingerprint density at radius 2 is 1.07 bits per heavy atom. The molecule has 15 heteroatoms. The SMILES string of the molecule is C=C(C)C(=O)OCC(COc1c(CCCC2COC(=O)OC2)cc(-c2ccc(C3CCC(CCCCC)CC3)cc2CC)cc1CCCC1COC(=O)OC1)(CC1COC(=O)OC1)CC1COC(=O)OC1. The van der Waals surface area contributed by atoms with E-state index in [-0.39, 0.29) is 68.9 Å². The van der Waals surface area contributed by atoms with Crippen molar-refractivity contribution in [1.29, 1.82) is 0 Å². The maximum Gasteiger partial charge on any atom is 0.508 e. The molecule has 7 rings (SSSR count). The number of hydrogen-bond acceptors (Lipinski definition) is 15. The summed E-state index contributed by atoms with van der Waals surface area (Å²) < 4.78 is 55.6. The van der Waals surface area contributed by atoms with Gasteiger partial charge in [-0.25, -0.2) is 24.0 Å². The van der Waals surface area contributed by atoms with Gasteiger partial charge in [0.15, 0.2) is 0 Å². The lowest BCUT2D eigenvalue weighted by molar-refractivity contribution is -0.146. The molecular formula is C56H76O15. The Labute approximate surface area is 419 Å². The van der Waals surface area contributed by atoms with Crippen LogP contribution in [0.25, 0.3) is 11.1 Å². The summed E-state index contributed by atoms with van der Waals surface area (Å²) in [5.41, 5.74) is 6.34. The van der Waals surface area contributed by atoms with E-state index in [0.717, 1.165) is 60.5 Å². The average molecular weight is 989 g/mol. The number of aryl methyl sites for hydroxylation is 3. The Balaban J connectivity index is 1.24. The zero-order chi connectivity index (χ0) is 50.2. The zero-order valence-electron chi connectivity index (χ0n) is 42.3. The summed E-state index contributed by atoms with van der Waals surface area (Å²) in [4.78, 5) is 60.7. The Bertz CT molecular complexity index is 2020. The second kappa shape index (κ2) is 26.3. The number of rotatable bonds is 25. The van der Waals surface area contributed by atoms with E-state index in [1.54, 1.807) is 6.92 Å². The topological polar surface area (TPSA) is 178 Å². The Kier molecular flexibility index (Phi) is 19.7. The first-order valence-electron chi connectivity index (χ1n) is 26.3. The molecule has 0 atom stereocenters. The van der Waals surface area contributed by atoms with Gasteiger partial charge in [-0.05, 0) is 148 Å². The summed E-state index contributed by atoms with van der Waals surface area (Å²) in [6.45, 7) is 11.5. The summed E-state index contributed by atoms with van der Waals surface area (Å²) in [6, 6.07) is 11.6. The van der Waals surface area contributed by atoms with E-state index in [1.807, 2.05) is 0 Å². The van der Waals surface area contributed by atoms with Gasteiger partial charge in [0.1, 0.15) is 65.2 Å². The molecule has 0 aromatic heterocycles. The molecule has 1 saturated carbocycles. The van der Waals surface area contributed by atoms with Gasteiger partial charge in [-0.3, -0.25) is 0 Å². The minimum atomic E-state index is -0.902. The standard InChI is InChI=1S/C56H76O15/c1-5-7-8-11-38-16-18-44(19-17-38)45-20-21-49(43(6-2)22-45)48-23-46(14-9-12-39-27-62-52(58)63-28-39)50(47(24-48)15-10-13-40-29-64-53(59)65-30-40)70-35-56(36-71-51(57)37(3)4,25-41-31-66-54(60)67-32-41)26-42-33-68-55(61)69-34-42/h20-24,38-42,44H,3,5-19,25-36H2,1-2,4H3. The van der Waals surface area contributed by atoms with E-state index in [4.69, 9.17) is 47.4 Å². The molecule has 5 aliphatic rings. The van der Waals surface area contributed by atoms with E-state index < -0.39 is 36.0 Å². The van der Waals surface area contributed by atoms with Gasteiger partial charge in [-0.15, -0.1) is 0 Å². The molecule has 390 valence electrons. The fraction of sp³-hybridized carbons (Fsp3) is 0.661. The molecule has 15 nitrogen and oxygen atoms in total. The summed E-state index contributed by atoms with van der Waals surface area (Å²) in [7, 11) is 0. The number of cyclic esters (lactones) is 8. The lowest BCUT2D eigenvalue weighted by atomic mass is 9.74. The molecule has 5 fully saturated rings. The van der Waals surface area contributed by atoms with E-state index >= 15 is 0 Å². The van der Waals surface area contributed by atoms with Gasteiger partial charge in [-0.1, -0.05) is 64.3 Å². The fourth-order valence-electron chi connectivity index (χ4n) is 11.1. The van der Waals surface area contributed by atoms with Gasteiger partial charge >= 0.3 is 30.6 Å². The maximum absolute atomic E-state index is 13.1. The minimum absolute atomic E-state index is 0.0476. The summed E-state index contributed by atoms with van der Waals surface area (Å²) in [6.07, 6.45) is 13.4. The third kappa shape index (κ3) is 15.8. The first-order valence-corrected chi connectivity index (χ1v) is 26.3. The molecular weight excluding hydrogens is 913 g/mol. The van der Waals surface area contributed by atoms with Crippen molar-refractivity contribution < 1.29 is 71.3 Å². The number of carbonyl (C=O) groups is 5. The highest BCUT2D eigenvalue weighted by molar-refractivity contribution is 5.87. The highest BCUT2D eigenvalue weighted by Crippen LogP contribution is 2.43. The Morgan fingerprint density at radius 1 is 0.592 bits per heavy atom. The largest absolute Gasteiger partial charge is 0.508 e. The fourth-order valence-corrected chi connectivity index (χ4v) is 11.1. The molecule has 0 bridgehead atoms. The van der Waals surface area contributed by atoms with Gasteiger partial charge in [-0.2, -0.15) is 0 Å². The van der Waals surface area contributed by atoms with Crippen molar-refractivity contribution in [2.45, 2.75) is 136 Å². The third-order valence-corrected chi connectivity index (χ3v) is 15.0. The minimum Gasteiger partial charge on any atom is -0.492 e. The van der Waals surface area contributed by atoms with E-state index in [9.17, 15) is 24.0 Å². The number of esters is 1. The van der Waals surface area contributed by atoms with Crippen LogP contribution in [0.5, 0.6) is 5.75 Å². The normalized spacial score (nSPS) is 20.5. The molecule has 4 aliphatic heterocycles. The molecule has 0 unspecified atom stereocenters. The van der Waals surface area contributed by atoms with E-state index in [0.29, 0.717) is 58.0 Å². The smallest absolute Gasteiger partial charge is 0.492 e. The molecule has 1 aliphatic carbocycles. The molecule has 2 aromatic rings. The van der Waals surface area contributed by atoms with Crippen LogP contribution in [0.1, 0.15) is 139 Å². The van der Waals surface area contributed by atoms with Gasteiger partial charge in [0.25, 0.3) is 0 Å². The van der Waals surface area contributed by atoms with Crippen LogP contribution in [0.2, 0.25) is 0 Å². The lowest BCUT2D eigenvalue weighted by Gasteiger charge is -2.39.